The van der Waals surface area contributed by atoms with Crippen molar-refractivity contribution in [3.63, 3.8) is 0 Å². The molecule has 0 fully saturated rings. The topological polar surface area (TPSA) is 137 Å². The monoisotopic (exact) mass is 469 g/mol. The summed E-state index contributed by atoms with van der Waals surface area (Å²) in [6.45, 7) is 1.69. The summed E-state index contributed by atoms with van der Waals surface area (Å²) in [5, 5.41) is 24.7. The molecule has 0 aliphatic carbocycles. The molecule has 2 N–H and O–H groups in total. The molecular weight excluding hydrogens is 454 g/mol. The molecule has 0 amide bonds. The van der Waals surface area contributed by atoms with Gasteiger partial charge in [-0.05, 0) is 55.0 Å². The van der Waals surface area contributed by atoms with Crippen LogP contribution in [-0.4, -0.2) is 19.1 Å². The van der Waals surface area contributed by atoms with E-state index in [2.05, 4.69) is 15.2 Å². The van der Waals surface area contributed by atoms with E-state index in [1.807, 2.05) is 6.07 Å². The van der Waals surface area contributed by atoms with Crippen molar-refractivity contribution in [3.8, 4) is 6.07 Å². The van der Waals surface area contributed by atoms with Crippen LogP contribution in [0.2, 0.25) is 5.02 Å². The second kappa shape index (κ2) is 9.47. The van der Waals surface area contributed by atoms with Crippen LogP contribution in [0.25, 0.3) is 0 Å². The van der Waals surface area contributed by atoms with Gasteiger partial charge in [0.1, 0.15) is 4.90 Å². The molecule has 0 aromatic heterocycles. The van der Waals surface area contributed by atoms with E-state index in [9.17, 15) is 18.5 Å². The number of nitro benzene ring substituents is 1. The quantitative estimate of drug-likeness (QED) is 0.290. The Morgan fingerprint density at radius 1 is 1.09 bits per heavy atom. The highest BCUT2D eigenvalue weighted by Crippen LogP contribution is 2.29. The summed E-state index contributed by atoms with van der Waals surface area (Å²) in [5.74, 6) is 0. The third kappa shape index (κ3) is 5.40. The zero-order chi connectivity index (χ0) is 23.3. The molecule has 0 radical (unpaired) electrons. The Kier molecular flexibility index (Phi) is 6.73. The highest BCUT2D eigenvalue weighted by atomic mass is 35.5. The Balaban J connectivity index is 1.96. The fraction of sp³-hybridized carbons (Fsp3) is 0.0476. The van der Waals surface area contributed by atoms with Crippen molar-refractivity contribution in [1.29, 1.82) is 5.26 Å². The van der Waals surface area contributed by atoms with Crippen molar-refractivity contribution in [2.75, 3.05) is 10.1 Å². The molecule has 9 nitrogen and oxygen atoms in total. The van der Waals surface area contributed by atoms with Gasteiger partial charge in [0.15, 0.2) is 0 Å². The summed E-state index contributed by atoms with van der Waals surface area (Å²) >= 11 is 5.83. The molecule has 0 spiro atoms. The van der Waals surface area contributed by atoms with Gasteiger partial charge < -0.3 is 0 Å². The van der Waals surface area contributed by atoms with Crippen LogP contribution in [0.15, 0.2) is 76.7 Å². The zero-order valence-electron chi connectivity index (χ0n) is 16.6. The second-order valence-electron chi connectivity index (χ2n) is 6.55. The van der Waals surface area contributed by atoms with E-state index in [-0.39, 0.29) is 22.0 Å². The first-order chi connectivity index (χ1) is 15.2. The third-order valence-electron chi connectivity index (χ3n) is 4.34. The van der Waals surface area contributed by atoms with E-state index in [1.54, 1.807) is 31.2 Å². The van der Waals surface area contributed by atoms with E-state index < -0.39 is 14.9 Å². The minimum atomic E-state index is -4.20. The highest BCUT2D eigenvalue weighted by Gasteiger charge is 2.23. The van der Waals surface area contributed by atoms with Crippen LogP contribution in [0.1, 0.15) is 18.1 Å². The van der Waals surface area contributed by atoms with Crippen molar-refractivity contribution in [1.82, 2.24) is 0 Å². The first-order valence-electron chi connectivity index (χ1n) is 9.07. The molecule has 0 unspecified atom stereocenters. The lowest BCUT2D eigenvalue weighted by Crippen LogP contribution is -2.15. The van der Waals surface area contributed by atoms with Gasteiger partial charge in [0.05, 0.1) is 28.0 Å². The molecule has 32 heavy (non-hydrogen) atoms. The minimum absolute atomic E-state index is 0.0464. The standard InChI is InChI=1S/C21H16ClN5O4S/c1-14(16-4-2-15(13-23)3-5-16)24-25-20-11-10-19(27(28)29)12-21(20)32(30,31)26-18-8-6-17(22)7-9-18/h2-12,25-26H,1H3/b24-14-. The number of nitrogens with zero attached hydrogens (tertiary/aromatic N) is 3. The van der Waals surface area contributed by atoms with Crippen LogP contribution in [0, 0.1) is 21.4 Å². The van der Waals surface area contributed by atoms with Crippen LogP contribution in [0.4, 0.5) is 17.1 Å². The average Bonchev–Trinajstić information content (AvgIpc) is 2.78. The maximum absolute atomic E-state index is 13.0. The first-order valence-corrected chi connectivity index (χ1v) is 10.9. The van der Waals surface area contributed by atoms with Crippen molar-refractivity contribution >= 4 is 44.4 Å². The summed E-state index contributed by atoms with van der Waals surface area (Å²) in [6.07, 6.45) is 0. The predicted octanol–water partition coefficient (Wildman–Crippen LogP) is 4.76. The molecule has 0 aliphatic heterocycles. The van der Waals surface area contributed by atoms with Gasteiger partial charge in [-0.15, -0.1) is 0 Å². The molecule has 3 aromatic carbocycles. The van der Waals surface area contributed by atoms with Crippen molar-refractivity contribution in [2.24, 2.45) is 5.10 Å². The Morgan fingerprint density at radius 3 is 2.34 bits per heavy atom. The maximum Gasteiger partial charge on any atom is 0.270 e. The van der Waals surface area contributed by atoms with Gasteiger partial charge in [-0.25, -0.2) is 8.42 Å². The van der Waals surface area contributed by atoms with Gasteiger partial charge in [0.2, 0.25) is 0 Å². The number of hydrogen-bond donors (Lipinski definition) is 2. The lowest BCUT2D eigenvalue weighted by atomic mass is 10.1. The van der Waals surface area contributed by atoms with Crippen LogP contribution < -0.4 is 10.1 Å². The van der Waals surface area contributed by atoms with Gasteiger partial charge in [-0.1, -0.05) is 23.7 Å². The Labute approximate surface area is 189 Å². The van der Waals surface area contributed by atoms with Gasteiger partial charge in [-0.2, -0.15) is 10.4 Å². The number of halogens is 1. The van der Waals surface area contributed by atoms with Gasteiger partial charge >= 0.3 is 0 Å². The van der Waals surface area contributed by atoms with Crippen molar-refractivity contribution < 1.29 is 13.3 Å². The highest BCUT2D eigenvalue weighted by molar-refractivity contribution is 7.92. The van der Waals surface area contributed by atoms with E-state index >= 15 is 0 Å². The van der Waals surface area contributed by atoms with Gasteiger partial charge in [-0.3, -0.25) is 20.3 Å². The van der Waals surface area contributed by atoms with Crippen LogP contribution >= 0.6 is 11.6 Å². The Hall–Kier alpha value is -3.94. The predicted molar refractivity (Wildman–Crippen MR) is 122 cm³/mol. The SMILES string of the molecule is C/C(=N/Nc1ccc([N+](=O)[O-])cc1S(=O)(=O)Nc1ccc(Cl)cc1)c1ccc(C#N)cc1. The van der Waals surface area contributed by atoms with E-state index in [0.717, 1.165) is 6.07 Å². The van der Waals surface area contributed by atoms with Gasteiger partial charge in [0, 0.05) is 22.8 Å². The molecule has 11 heteroatoms. The van der Waals surface area contributed by atoms with Crippen LogP contribution in [0.5, 0.6) is 0 Å². The number of nitriles is 1. The third-order valence-corrected chi connectivity index (χ3v) is 6.01. The summed E-state index contributed by atoms with van der Waals surface area (Å²) in [4.78, 5) is 10.2. The number of anilines is 2. The van der Waals surface area contributed by atoms with E-state index in [0.29, 0.717) is 21.9 Å². The van der Waals surface area contributed by atoms with Crippen molar-refractivity contribution in [2.45, 2.75) is 11.8 Å². The number of nitrogens with one attached hydrogen (secondary N) is 2. The maximum atomic E-state index is 13.0. The zero-order valence-corrected chi connectivity index (χ0v) is 18.2. The Bertz CT molecular complexity index is 1330. The number of benzene rings is 3. The lowest BCUT2D eigenvalue weighted by Gasteiger charge is -2.12. The second-order valence-corrected chi connectivity index (χ2v) is 8.64. The largest absolute Gasteiger partial charge is 0.280 e. The number of rotatable bonds is 7. The number of non-ortho nitro benzene ring substituents is 1. The van der Waals surface area contributed by atoms with Crippen LogP contribution in [0.3, 0.4) is 0 Å². The smallest absolute Gasteiger partial charge is 0.270 e. The molecule has 0 saturated heterocycles. The Morgan fingerprint density at radius 2 is 1.75 bits per heavy atom. The van der Waals surface area contributed by atoms with Crippen LogP contribution in [-0.2, 0) is 10.0 Å². The normalized spacial score (nSPS) is 11.5. The fourth-order valence-electron chi connectivity index (χ4n) is 2.66. The molecular formula is C21H16ClN5O4S. The molecule has 3 aromatic rings. The number of hydrazone groups is 1. The fourth-order valence-corrected chi connectivity index (χ4v) is 4.02. The lowest BCUT2D eigenvalue weighted by molar-refractivity contribution is -0.385. The first kappa shape index (κ1) is 22.7. The number of nitro groups is 1. The minimum Gasteiger partial charge on any atom is -0.280 e. The summed E-state index contributed by atoms with van der Waals surface area (Å²) in [6, 6.07) is 18.0. The summed E-state index contributed by atoms with van der Waals surface area (Å²) in [5.41, 5.74) is 4.28. The molecule has 0 aliphatic rings. The molecule has 0 bridgehead atoms. The van der Waals surface area contributed by atoms with Gasteiger partial charge in [0.25, 0.3) is 15.7 Å². The summed E-state index contributed by atoms with van der Waals surface area (Å²) in [7, 11) is -4.20. The summed E-state index contributed by atoms with van der Waals surface area (Å²) < 4.78 is 28.3. The average molecular weight is 470 g/mol. The number of hydrogen-bond acceptors (Lipinski definition) is 7. The molecule has 0 atom stereocenters. The number of sulfonamides is 1. The molecule has 0 heterocycles. The van der Waals surface area contributed by atoms with E-state index in [1.165, 1.54) is 36.4 Å². The van der Waals surface area contributed by atoms with E-state index in [4.69, 9.17) is 16.9 Å². The molecule has 0 saturated carbocycles. The molecule has 3 rings (SSSR count). The molecule has 162 valence electrons. The van der Waals surface area contributed by atoms with Crippen molar-refractivity contribution in [3.05, 3.63) is 93.0 Å².